The van der Waals surface area contributed by atoms with Gasteiger partial charge in [-0.25, -0.2) is 0 Å². The Labute approximate surface area is 144 Å². The van der Waals surface area contributed by atoms with E-state index < -0.39 is 6.10 Å². The SMILES string of the molecule is CC(=C[C@@H](O)CC(C)=CCCc1ccoc1)CCCc1ccoc1. The molecule has 0 fully saturated rings. The highest BCUT2D eigenvalue weighted by Crippen LogP contribution is 2.14. The first-order valence-electron chi connectivity index (χ1n) is 8.66. The standard InChI is InChI=1S/C21H28O3/c1-17(5-3-7-19-9-11-23-15-19)13-21(22)14-18(2)6-4-8-20-10-12-24-16-20/h5,9-12,14-16,21-22H,3-4,6-8,13H2,1-2H3/t21-/m0/s1. The van der Waals surface area contributed by atoms with Gasteiger partial charge < -0.3 is 13.9 Å². The van der Waals surface area contributed by atoms with Gasteiger partial charge >= 0.3 is 0 Å². The summed E-state index contributed by atoms with van der Waals surface area (Å²) in [5, 5.41) is 10.2. The largest absolute Gasteiger partial charge is 0.472 e. The summed E-state index contributed by atoms with van der Waals surface area (Å²) in [6, 6.07) is 4.00. The molecule has 0 aliphatic rings. The number of furan rings is 2. The van der Waals surface area contributed by atoms with Gasteiger partial charge in [0.05, 0.1) is 31.2 Å². The Morgan fingerprint density at radius 1 is 1.04 bits per heavy atom. The molecule has 0 unspecified atom stereocenters. The Kier molecular flexibility index (Phi) is 7.63. The first-order chi connectivity index (χ1) is 11.6. The van der Waals surface area contributed by atoms with E-state index in [4.69, 9.17) is 8.83 Å². The molecule has 0 aliphatic heterocycles. The molecule has 24 heavy (non-hydrogen) atoms. The van der Waals surface area contributed by atoms with Crippen molar-refractivity contribution in [2.75, 3.05) is 0 Å². The lowest BCUT2D eigenvalue weighted by molar-refractivity contribution is 0.222. The molecule has 0 saturated carbocycles. The molecular weight excluding hydrogens is 300 g/mol. The van der Waals surface area contributed by atoms with Crippen molar-refractivity contribution in [3.63, 3.8) is 0 Å². The van der Waals surface area contributed by atoms with Crippen LogP contribution >= 0.6 is 0 Å². The van der Waals surface area contributed by atoms with Crippen molar-refractivity contribution in [3.8, 4) is 0 Å². The molecule has 2 rings (SSSR count). The van der Waals surface area contributed by atoms with Gasteiger partial charge in [-0.1, -0.05) is 23.3 Å². The fourth-order valence-electron chi connectivity index (χ4n) is 2.81. The van der Waals surface area contributed by atoms with Gasteiger partial charge in [0.15, 0.2) is 0 Å². The van der Waals surface area contributed by atoms with Gasteiger partial charge in [0.1, 0.15) is 0 Å². The van der Waals surface area contributed by atoms with Crippen molar-refractivity contribution in [2.24, 2.45) is 0 Å². The first kappa shape index (κ1) is 18.3. The van der Waals surface area contributed by atoms with E-state index in [-0.39, 0.29) is 0 Å². The van der Waals surface area contributed by atoms with Crippen LogP contribution in [0.2, 0.25) is 0 Å². The molecule has 0 amide bonds. The van der Waals surface area contributed by atoms with Crippen molar-refractivity contribution in [3.05, 3.63) is 71.6 Å². The molecule has 0 aromatic carbocycles. The average Bonchev–Trinajstić information content (AvgIpc) is 3.20. The molecule has 2 heterocycles. The van der Waals surface area contributed by atoms with Gasteiger partial charge in [-0.2, -0.15) is 0 Å². The number of allylic oxidation sites excluding steroid dienone is 2. The third-order valence-corrected chi connectivity index (χ3v) is 4.13. The van der Waals surface area contributed by atoms with Gasteiger partial charge in [0.2, 0.25) is 0 Å². The van der Waals surface area contributed by atoms with Crippen LogP contribution in [0.15, 0.2) is 69.3 Å². The smallest absolute Gasteiger partial charge is 0.0934 e. The predicted octanol–water partition coefficient (Wildman–Crippen LogP) is 5.47. The first-order valence-corrected chi connectivity index (χ1v) is 8.66. The fourth-order valence-corrected chi connectivity index (χ4v) is 2.81. The summed E-state index contributed by atoms with van der Waals surface area (Å²) in [7, 11) is 0. The average molecular weight is 328 g/mol. The lowest BCUT2D eigenvalue weighted by atomic mass is 10.0. The molecule has 1 atom stereocenters. The zero-order valence-electron chi connectivity index (χ0n) is 14.7. The second kappa shape index (κ2) is 9.99. The van der Waals surface area contributed by atoms with E-state index in [9.17, 15) is 5.11 Å². The molecule has 2 aromatic heterocycles. The minimum atomic E-state index is -0.399. The summed E-state index contributed by atoms with van der Waals surface area (Å²) in [6.45, 7) is 4.18. The van der Waals surface area contributed by atoms with Crippen LogP contribution in [0.5, 0.6) is 0 Å². The van der Waals surface area contributed by atoms with Crippen LogP contribution < -0.4 is 0 Å². The summed E-state index contributed by atoms with van der Waals surface area (Å²) in [4.78, 5) is 0. The van der Waals surface area contributed by atoms with Gasteiger partial charge in [-0.05, 0) is 75.6 Å². The third kappa shape index (κ3) is 7.05. The highest BCUT2D eigenvalue weighted by atomic mass is 16.3. The Bertz CT molecular complexity index is 618. The van der Waals surface area contributed by atoms with E-state index in [0.29, 0.717) is 6.42 Å². The Balaban J connectivity index is 1.66. The highest BCUT2D eigenvalue weighted by Gasteiger charge is 2.03. The number of aliphatic hydroxyl groups excluding tert-OH is 1. The third-order valence-electron chi connectivity index (χ3n) is 4.13. The minimum Gasteiger partial charge on any atom is -0.472 e. The van der Waals surface area contributed by atoms with Crippen molar-refractivity contribution >= 4 is 0 Å². The molecule has 1 N–H and O–H groups in total. The monoisotopic (exact) mass is 328 g/mol. The van der Waals surface area contributed by atoms with E-state index in [1.807, 2.05) is 18.2 Å². The second-order valence-corrected chi connectivity index (χ2v) is 6.49. The molecule has 3 heteroatoms. The topological polar surface area (TPSA) is 46.5 Å². The summed E-state index contributed by atoms with van der Waals surface area (Å²) in [5.74, 6) is 0. The Hall–Kier alpha value is -2.00. The molecule has 0 spiro atoms. The van der Waals surface area contributed by atoms with Crippen molar-refractivity contribution in [1.82, 2.24) is 0 Å². The van der Waals surface area contributed by atoms with Gasteiger partial charge in [0, 0.05) is 0 Å². The molecule has 130 valence electrons. The van der Waals surface area contributed by atoms with Crippen molar-refractivity contribution < 1.29 is 13.9 Å². The second-order valence-electron chi connectivity index (χ2n) is 6.49. The molecule has 2 aromatic rings. The van der Waals surface area contributed by atoms with Gasteiger partial charge in [-0.15, -0.1) is 0 Å². The zero-order valence-corrected chi connectivity index (χ0v) is 14.7. The Morgan fingerprint density at radius 3 is 2.33 bits per heavy atom. The van der Waals surface area contributed by atoms with Crippen molar-refractivity contribution in [2.45, 2.75) is 58.5 Å². The predicted molar refractivity (Wildman–Crippen MR) is 96.8 cm³/mol. The molecule has 0 radical (unpaired) electrons. The van der Waals surface area contributed by atoms with E-state index in [2.05, 4.69) is 19.9 Å². The number of rotatable bonds is 10. The summed E-state index contributed by atoms with van der Waals surface area (Å²) >= 11 is 0. The van der Waals surface area contributed by atoms with E-state index in [1.165, 1.54) is 22.3 Å². The molecule has 3 nitrogen and oxygen atoms in total. The van der Waals surface area contributed by atoms with Crippen LogP contribution in [0, 0.1) is 0 Å². The molecular formula is C21H28O3. The van der Waals surface area contributed by atoms with E-state index >= 15 is 0 Å². The maximum Gasteiger partial charge on any atom is 0.0934 e. The maximum atomic E-state index is 10.2. The fraction of sp³-hybridized carbons (Fsp3) is 0.429. The minimum absolute atomic E-state index is 0.399. The van der Waals surface area contributed by atoms with Crippen LogP contribution in [0.3, 0.4) is 0 Å². The number of aryl methyl sites for hydroxylation is 2. The number of aliphatic hydroxyl groups is 1. The lowest BCUT2D eigenvalue weighted by Gasteiger charge is -2.09. The maximum absolute atomic E-state index is 10.2. The van der Waals surface area contributed by atoms with Gasteiger partial charge in [0.25, 0.3) is 0 Å². The van der Waals surface area contributed by atoms with Crippen LogP contribution in [-0.4, -0.2) is 11.2 Å². The molecule has 0 bridgehead atoms. The zero-order chi connectivity index (χ0) is 17.2. The van der Waals surface area contributed by atoms with Crippen LogP contribution in [0.4, 0.5) is 0 Å². The van der Waals surface area contributed by atoms with Crippen molar-refractivity contribution in [1.29, 1.82) is 0 Å². The molecule has 0 saturated heterocycles. The quantitative estimate of drug-likeness (QED) is 0.588. The van der Waals surface area contributed by atoms with E-state index in [1.54, 1.807) is 25.1 Å². The summed E-state index contributed by atoms with van der Waals surface area (Å²) < 4.78 is 10.1. The molecule has 0 aliphatic carbocycles. The normalized spacial score (nSPS) is 14.1. The summed E-state index contributed by atoms with van der Waals surface area (Å²) in [6.07, 6.45) is 16.6. The highest BCUT2D eigenvalue weighted by molar-refractivity contribution is 5.11. The summed E-state index contributed by atoms with van der Waals surface area (Å²) in [5.41, 5.74) is 4.93. The number of hydrogen-bond donors (Lipinski definition) is 1. The van der Waals surface area contributed by atoms with Crippen LogP contribution in [0.1, 0.15) is 50.7 Å². The lowest BCUT2D eigenvalue weighted by Crippen LogP contribution is -2.04. The Morgan fingerprint density at radius 2 is 1.71 bits per heavy atom. The van der Waals surface area contributed by atoms with E-state index in [0.717, 1.165) is 32.1 Å². The number of hydrogen-bond acceptors (Lipinski definition) is 3. The van der Waals surface area contributed by atoms with Crippen LogP contribution in [-0.2, 0) is 12.8 Å². The van der Waals surface area contributed by atoms with Crippen LogP contribution in [0.25, 0.3) is 0 Å². The van der Waals surface area contributed by atoms with Gasteiger partial charge in [-0.3, -0.25) is 0 Å².